The molecule has 0 saturated carbocycles. The van der Waals surface area contributed by atoms with Crippen LogP contribution in [0.25, 0.3) is 0 Å². The molecule has 0 N–H and O–H groups in total. The fourth-order valence-electron chi connectivity index (χ4n) is 1.07. The summed E-state index contributed by atoms with van der Waals surface area (Å²) in [6.45, 7) is 10.4. The van der Waals surface area contributed by atoms with Crippen molar-refractivity contribution in [3.05, 3.63) is 31.2 Å². The van der Waals surface area contributed by atoms with Crippen LogP contribution >= 0.6 is 0 Å². The van der Waals surface area contributed by atoms with Crippen molar-refractivity contribution in [1.29, 1.82) is 0 Å². The van der Waals surface area contributed by atoms with E-state index < -0.39 is 0 Å². The minimum atomic E-state index is 0.682. The summed E-state index contributed by atoms with van der Waals surface area (Å²) in [6.07, 6.45) is 10.9. The summed E-state index contributed by atoms with van der Waals surface area (Å²) in [5.74, 6) is 1.41. The summed E-state index contributed by atoms with van der Waals surface area (Å²) in [7, 11) is 0. The third kappa shape index (κ3) is 5.17. The fourth-order valence-corrected chi connectivity index (χ4v) is 1.07. The molecule has 2 unspecified atom stereocenters. The summed E-state index contributed by atoms with van der Waals surface area (Å²) >= 11 is 0. The molecular weight excluding hydrogens is 144 g/mol. The van der Waals surface area contributed by atoms with Crippen molar-refractivity contribution in [3.63, 3.8) is 0 Å². The van der Waals surface area contributed by atoms with Crippen LogP contribution in [0.1, 0.15) is 33.6 Å². The molecule has 2 atom stereocenters. The highest BCUT2D eigenvalue weighted by Gasteiger charge is 2.05. The first-order chi connectivity index (χ1) is 5.72. The van der Waals surface area contributed by atoms with Gasteiger partial charge in [-0.15, -0.1) is 0 Å². The fraction of sp³-hybridized carbons (Fsp3) is 0.583. The van der Waals surface area contributed by atoms with Crippen molar-refractivity contribution in [1.82, 2.24) is 0 Å². The van der Waals surface area contributed by atoms with Gasteiger partial charge < -0.3 is 0 Å². The standard InChI is InChI=1S/C12H21/c1-5-7-9-11(3)12(4)10-8-6-2/h5,7-8,10-12H,1,6,9H2,2-4H3. The van der Waals surface area contributed by atoms with Gasteiger partial charge >= 0.3 is 0 Å². The Balaban J connectivity index is 3.75. The number of hydrogen-bond donors (Lipinski definition) is 0. The third-order valence-corrected chi connectivity index (χ3v) is 2.25. The number of rotatable bonds is 5. The molecule has 0 aliphatic rings. The van der Waals surface area contributed by atoms with E-state index in [9.17, 15) is 0 Å². The van der Waals surface area contributed by atoms with E-state index >= 15 is 0 Å². The first-order valence-corrected chi connectivity index (χ1v) is 4.83. The minimum absolute atomic E-state index is 0.682. The number of allylic oxidation sites excluding steroid dienone is 4. The lowest BCUT2D eigenvalue weighted by Crippen LogP contribution is -2.03. The van der Waals surface area contributed by atoms with E-state index in [1.807, 2.05) is 6.08 Å². The smallest absolute Gasteiger partial charge is 0.0233 e. The summed E-state index contributed by atoms with van der Waals surface area (Å²) < 4.78 is 0. The molecule has 0 spiro atoms. The maximum absolute atomic E-state index is 3.68. The highest BCUT2D eigenvalue weighted by atomic mass is 14.1. The molecular formula is C12H21. The number of hydrogen-bond acceptors (Lipinski definition) is 0. The van der Waals surface area contributed by atoms with Gasteiger partial charge in [0, 0.05) is 0 Å². The minimum Gasteiger partial charge on any atom is -0.0885 e. The van der Waals surface area contributed by atoms with E-state index in [2.05, 4.69) is 45.9 Å². The molecule has 0 heterocycles. The van der Waals surface area contributed by atoms with Crippen LogP contribution in [-0.4, -0.2) is 0 Å². The van der Waals surface area contributed by atoms with E-state index in [0.717, 1.165) is 18.8 Å². The molecule has 0 rings (SSSR count). The average molecular weight is 165 g/mol. The van der Waals surface area contributed by atoms with E-state index in [1.54, 1.807) is 0 Å². The molecule has 69 valence electrons. The summed E-state index contributed by atoms with van der Waals surface area (Å²) in [4.78, 5) is 0. The largest absolute Gasteiger partial charge is 0.0885 e. The van der Waals surface area contributed by atoms with Crippen LogP contribution in [0.5, 0.6) is 0 Å². The van der Waals surface area contributed by atoms with Gasteiger partial charge in [-0.1, -0.05) is 45.1 Å². The Hall–Kier alpha value is -0.520. The quantitative estimate of drug-likeness (QED) is 0.540. The first-order valence-electron chi connectivity index (χ1n) is 4.83. The van der Waals surface area contributed by atoms with Crippen LogP contribution in [-0.2, 0) is 0 Å². The zero-order chi connectivity index (χ0) is 9.40. The van der Waals surface area contributed by atoms with Crippen LogP contribution < -0.4 is 0 Å². The first kappa shape index (κ1) is 11.5. The predicted molar refractivity (Wildman–Crippen MR) is 56.9 cm³/mol. The Morgan fingerprint density at radius 1 is 1.25 bits per heavy atom. The van der Waals surface area contributed by atoms with Gasteiger partial charge in [-0.3, -0.25) is 0 Å². The molecule has 0 aromatic heterocycles. The molecule has 0 saturated heterocycles. The van der Waals surface area contributed by atoms with Gasteiger partial charge in [0.25, 0.3) is 0 Å². The van der Waals surface area contributed by atoms with Gasteiger partial charge in [0.1, 0.15) is 0 Å². The van der Waals surface area contributed by atoms with Crippen LogP contribution in [0, 0.1) is 18.8 Å². The van der Waals surface area contributed by atoms with Crippen molar-refractivity contribution in [2.45, 2.75) is 33.6 Å². The molecule has 0 amide bonds. The van der Waals surface area contributed by atoms with Crippen molar-refractivity contribution >= 4 is 0 Å². The maximum Gasteiger partial charge on any atom is -0.0233 e. The molecule has 0 fully saturated rings. The molecule has 0 bridgehead atoms. The summed E-state index contributed by atoms with van der Waals surface area (Å²) in [5, 5.41) is 0. The highest BCUT2D eigenvalue weighted by molar-refractivity contribution is 4.92. The summed E-state index contributed by atoms with van der Waals surface area (Å²) in [5.41, 5.74) is 0. The Morgan fingerprint density at radius 3 is 2.42 bits per heavy atom. The second-order valence-electron chi connectivity index (χ2n) is 3.38. The molecule has 1 radical (unpaired) electrons. The predicted octanol–water partition coefficient (Wildman–Crippen LogP) is 4.01. The van der Waals surface area contributed by atoms with Crippen molar-refractivity contribution < 1.29 is 0 Å². The van der Waals surface area contributed by atoms with Gasteiger partial charge in [-0.25, -0.2) is 0 Å². The van der Waals surface area contributed by atoms with E-state index in [4.69, 9.17) is 0 Å². The zero-order valence-corrected chi connectivity index (χ0v) is 8.59. The zero-order valence-electron chi connectivity index (χ0n) is 8.59. The van der Waals surface area contributed by atoms with Crippen LogP contribution in [0.2, 0.25) is 0 Å². The van der Waals surface area contributed by atoms with Crippen LogP contribution in [0.4, 0.5) is 0 Å². The van der Waals surface area contributed by atoms with Gasteiger partial charge in [0.05, 0.1) is 0 Å². The Labute approximate surface area is 77.4 Å². The molecule has 0 aliphatic carbocycles. The van der Waals surface area contributed by atoms with E-state index in [1.165, 1.54) is 0 Å². The van der Waals surface area contributed by atoms with Crippen molar-refractivity contribution in [2.24, 2.45) is 11.8 Å². The Morgan fingerprint density at radius 2 is 1.92 bits per heavy atom. The second-order valence-corrected chi connectivity index (χ2v) is 3.38. The molecule has 12 heavy (non-hydrogen) atoms. The monoisotopic (exact) mass is 165 g/mol. The van der Waals surface area contributed by atoms with Gasteiger partial charge in [-0.05, 0) is 31.6 Å². The van der Waals surface area contributed by atoms with Gasteiger partial charge in [0.2, 0.25) is 0 Å². The lowest BCUT2D eigenvalue weighted by molar-refractivity contribution is 0.465. The van der Waals surface area contributed by atoms with E-state index in [0.29, 0.717) is 5.92 Å². The van der Waals surface area contributed by atoms with Gasteiger partial charge in [-0.2, -0.15) is 0 Å². The van der Waals surface area contributed by atoms with Gasteiger partial charge in [0.15, 0.2) is 0 Å². The molecule has 0 heteroatoms. The average Bonchev–Trinajstić information content (AvgIpc) is 2.10. The molecule has 0 nitrogen and oxygen atoms in total. The Kier molecular flexibility index (Phi) is 6.84. The van der Waals surface area contributed by atoms with Crippen molar-refractivity contribution in [3.8, 4) is 0 Å². The highest BCUT2D eigenvalue weighted by Crippen LogP contribution is 2.16. The maximum atomic E-state index is 3.68. The Bertz CT molecular complexity index is 142. The molecule has 0 aliphatic heterocycles. The summed E-state index contributed by atoms with van der Waals surface area (Å²) in [6, 6.07) is 0. The van der Waals surface area contributed by atoms with Crippen molar-refractivity contribution in [2.75, 3.05) is 0 Å². The normalized spacial score (nSPS) is 17.3. The van der Waals surface area contributed by atoms with Crippen LogP contribution in [0.15, 0.2) is 24.3 Å². The molecule has 0 aromatic rings. The SMILES string of the molecule is [CH2]C=CCC(C)C(C)C=CCC. The third-order valence-electron chi connectivity index (χ3n) is 2.25. The van der Waals surface area contributed by atoms with E-state index in [-0.39, 0.29) is 0 Å². The lowest BCUT2D eigenvalue weighted by atomic mass is 9.92. The van der Waals surface area contributed by atoms with Crippen LogP contribution in [0.3, 0.4) is 0 Å². The second kappa shape index (κ2) is 7.15. The topological polar surface area (TPSA) is 0 Å². The molecule has 0 aromatic carbocycles. The lowest BCUT2D eigenvalue weighted by Gasteiger charge is -2.13.